The zero-order valence-corrected chi connectivity index (χ0v) is 7.45. The monoisotopic (exact) mass is 207 g/mol. The van der Waals surface area contributed by atoms with Crippen LogP contribution in [0.4, 0.5) is 13.2 Å². The van der Waals surface area contributed by atoms with E-state index in [0.717, 1.165) is 0 Å². The smallest absolute Gasteiger partial charge is 0.321 e. The molecule has 0 aliphatic heterocycles. The summed E-state index contributed by atoms with van der Waals surface area (Å²) in [7, 11) is 0. The van der Waals surface area contributed by atoms with Crippen LogP contribution in [0, 0.1) is 0 Å². The molecule has 0 bridgehead atoms. The van der Waals surface area contributed by atoms with E-state index in [0.29, 0.717) is 11.3 Å². The topological polar surface area (TPSA) is 26.0 Å². The van der Waals surface area contributed by atoms with Crippen LogP contribution >= 0.6 is 11.3 Å². The van der Waals surface area contributed by atoms with Crippen LogP contribution in [0.25, 0.3) is 0 Å². The minimum Gasteiger partial charge on any atom is -0.321 e. The van der Waals surface area contributed by atoms with Crippen molar-refractivity contribution in [2.24, 2.45) is 5.73 Å². The Morgan fingerprint density at radius 1 is 1.54 bits per heavy atom. The van der Waals surface area contributed by atoms with Gasteiger partial charge in [0.1, 0.15) is 4.88 Å². The average molecular weight is 207 g/mol. The first-order valence-corrected chi connectivity index (χ1v) is 4.37. The summed E-state index contributed by atoms with van der Waals surface area (Å²) in [4.78, 5) is -0.639. The van der Waals surface area contributed by atoms with Gasteiger partial charge in [0.05, 0.1) is 0 Å². The maximum atomic E-state index is 12.3. The van der Waals surface area contributed by atoms with E-state index in [2.05, 4.69) is 6.58 Å². The predicted octanol–water partition coefficient (Wildman–Crippen LogP) is 2.95. The van der Waals surface area contributed by atoms with E-state index in [-0.39, 0.29) is 5.56 Å². The van der Waals surface area contributed by atoms with E-state index >= 15 is 0 Å². The maximum absolute atomic E-state index is 12.3. The molecule has 2 N–H and O–H groups in total. The summed E-state index contributed by atoms with van der Waals surface area (Å²) in [5, 5.41) is 1.38. The van der Waals surface area contributed by atoms with Crippen LogP contribution in [0.3, 0.4) is 0 Å². The lowest BCUT2D eigenvalue weighted by Crippen LogP contribution is -2.12. The third-order valence-corrected chi connectivity index (χ3v) is 2.54. The zero-order valence-electron chi connectivity index (χ0n) is 6.64. The SMILES string of the molecule is C=C[C@@H](N)c1ccsc1C(F)(F)F. The molecular weight excluding hydrogens is 199 g/mol. The predicted molar refractivity (Wildman–Crippen MR) is 46.4 cm³/mol. The van der Waals surface area contributed by atoms with Crippen molar-refractivity contribution in [3.63, 3.8) is 0 Å². The van der Waals surface area contributed by atoms with Crippen molar-refractivity contribution in [2.45, 2.75) is 12.2 Å². The van der Waals surface area contributed by atoms with Crippen molar-refractivity contribution in [3.8, 4) is 0 Å². The van der Waals surface area contributed by atoms with Crippen LogP contribution in [0.1, 0.15) is 16.5 Å². The number of nitrogens with two attached hydrogens (primary N) is 1. The van der Waals surface area contributed by atoms with Crippen molar-refractivity contribution in [1.29, 1.82) is 0 Å². The number of rotatable bonds is 2. The number of alkyl halides is 3. The Labute approximate surface area is 77.7 Å². The van der Waals surface area contributed by atoms with Gasteiger partial charge < -0.3 is 5.73 Å². The van der Waals surface area contributed by atoms with Crippen LogP contribution in [0.15, 0.2) is 24.1 Å². The molecule has 0 aliphatic carbocycles. The fraction of sp³-hybridized carbons (Fsp3) is 0.250. The minimum atomic E-state index is -4.32. The van der Waals surface area contributed by atoms with Crippen molar-refractivity contribution in [3.05, 3.63) is 34.5 Å². The first kappa shape index (κ1) is 10.3. The molecule has 0 saturated carbocycles. The van der Waals surface area contributed by atoms with Gasteiger partial charge in [0.25, 0.3) is 0 Å². The molecule has 72 valence electrons. The van der Waals surface area contributed by atoms with Gasteiger partial charge in [0.15, 0.2) is 0 Å². The highest BCUT2D eigenvalue weighted by Crippen LogP contribution is 2.38. The van der Waals surface area contributed by atoms with E-state index in [4.69, 9.17) is 5.73 Å². The molecule has 0 spiro atoms. The Kier molecular flexibility index (Phi) is 2.77. The molecule has 1 aromatic heterocycles. The Balaban J connectivity index is 3.10. The molecule has 0 aromatic carbocycles. The maximum Gasteiger partial charge on any atom is 0.425 e. The fourth-order valence-electron chi connectivity index (χ4n) is 0.939. The lowest BCUT2D eigenvalue weighted by molar-refractivity contribution is -0.135. The highest BCUT2D eigenvalue weighted by Gasteiger charge is 2.35. The summed E-state index contributed by atoms with van der Waals surface area (Å²) >= 11 is 0.647. The van der Waals surface area contributed by atoms with Crippen LogP contribution in [-0.4, -0.2) is 0 Å². The number of hydrogen-bond donors (Lipinski definition) is 1. The van der Waals surface area contributed by atoms with Gasteiger partial charge in [-0.15, -0.1) is 17.9 Å². The first-order valence-electron chi connectivity index (χ1n) is 3.49. The van der Waals surface area contributed by atoms with Crippen molar-refractivity contribution < 1.29 is 13.2 Å². The van der Waals surface area contributed by atoms with Gasteiger partial charge in [-0.25, -0.2) is 0 Å². The molecule has 1 heterocycles. The zero-order chi connectivity index (χ0) is 10.1. The molecular formula is C8H8F3NS. The van der Waals surface area contributed by atoms with Gasteiger partial charge in [0, 0.05) is 6.04 Å². The minimum absolute atomic E-state index is 0.0903. The first-order chi connectivity index (χ1) is 5.96. The van der Waals surface area contributed by atoms with Crippen LogP contribution in [-0.2, 0) is 6.18 Å². The molecule has 0 aliphatic rings. The largest absolute Gasteiger partial charge is 0.425 e. The van der Waals surface area contributed by atoms with Gasteiger partial charge in [-0.1, -0.05) is 6.08 Å². The second-order valence-electron chi connectivity index (χ2n) is 2.46. The highest BCUT2D eigenvalue weighted by molar-refractivity contribution is 7.10. The molecule has 0 radical (unpaired) electrons. The summed E-state index contributed by atoms with van der Waals surface area (Å²) in [6, 6.07) is 0.627. The highest BCUT2D eigenvalue weighted by atomic mass is 32.1. The van der Waals surface area contributed by atoms with Gasteiger partial charge in [0.2, 0.25) is 0 Å². The molecule has 5 heteroatoms. The number of halogens is 3. The Morgan fingerprint density at radius 2 is 2.15 bits per heavy atom. The summed E-state index contributed by atoms with van der Waals surface area (Å²) in [6.07, 6.45) is -3.03. The standard InChI is InChI=1S/C8H8F3NS/c1-2-6(12)5-3-4-13-7(5)8(9,10)11/h2-4,6H,1,12H2/t6-/m1/s1. The Bertz CT molecular complexity index is 303. The van der Waals surface area contributed by atoms with Crippen LogP contribution in [0.5, 0.6) is 0 Å². The Morgan fingerprint density at radius 3 is 2.62 bits per heavy atom. The normalized spacial score (nSPS) is 14.2. The lowest BCUT2D eigenvalue weighted by Gasteiger charge is -2.10. The van der Waals surface area contributed by atoms with Crippen molar-refractivity contribution >= 4 is 11.3 Å². The van der Waals surface area contributed by atoms with Crippen molar-refractivity contribution in [2.75, 3.05) is 0 Å². The van der Waals surface area contributed by atoms with E-state index in [1.807, 2.05) is 0 Å². The molecule has 0 saturated heterocycles. The fourth-order valence-corrected chi connectivity index (χ4v) is 1.76. The lowest BCUT2D eigenvalue weighted by atomic mass is 10.1. The van der Waals surface area contributed by atoms with Crippen LogP contribution < -0.4 is 5.73 Å². The number of hydrogen-bond acceptors (Lipinski definition) is 2. The molecule has 0 amide bonds. The summed E-state index contributed by atoms with van der Waals surface area (Å²) in [6.45, 7) is 3.35. The third kappa shape index (κ3) is 2.10. The molecule has 1 nitrogen and oxygen atoms in total. The van der Waals surface area contributed by atoms with Gasteiger partial charge in [-0.05, 0) is 17.0 Å². The Hall–Kier alpha value is -0.810. The second kappa shape index (κ2) is 3.51. The van der Waals surface area contributed by atoms with E-state index in [1.165, 1.54) is 17.5 Å². The van der Waals surface area contributed by atoms with Gasteiger partial charge in [-0.3, -0.25) is 0 Å². The second-order valence-corrected chi connectivity index (χ2v) is 3.38. The molecule has 13 heavy (non-hydrogen) atoms. The molecule has 1 atom stereocenters. The third-order valence-electron chi connectivity index (χ3n) is 1.57. The van der Waals surface area contributed by atoms with Crippen molar-refractivity contribution in [1.82, 2.24) is 0 Å². The number of thiophene rings is 1. The summed E-state index contributed by atoms with van der Waals surface area (Å²) < 4.78 is 36.9. The summed E-state index contributed by atoms with van der Waals surface area (Å²) in [5.41, 5.74) is 5.52. The quantitative estimate of drug-likeness (QED) is 0.741. The van der Waals surface area contributed by atoms with E-state index < -0.39 is 17.1 Å². The van der Waals surface area contributed by atoms with Gasteiger partial charge in [-0.2, -0.15) is 13.2 Å². The summed E-state index contributed by atoms with van der Waals surface area (Å²) in [5.74, 6) is 0. The van der Waals surface area contributed by atoms with Crippen LogP contribution in [0.2, 0.25) is 0 Å². The van der Waals surface area contributed by atoms with E-state index in [1.54, 1.807) is 0 Å². The molecule has 1 aromatic rings. The molecule has 0 unspecified atom stereocenters. The van der Waals surface area contributed by atoms with E-state index in [9.17, 15) is 13.2 Å². The average Bonchev–Trinajstić information content (AvgIpc) is 2.49. The van der Waals surface area contributed by atoms with Gasteiger partial charge >= 0.3 is 6.18 Å². The molecule has 1 rings (SSSR count). The molecule has 0 fully saturated rings.